The Morgan fingerprint density at radius 3 is 2.67 bits per heavy atom. The molecule has 3 heterocycles. The molecule has 0 aromatic carbocycles. The second-order valence-electron chi connectivity index (χ2n) is 7.42. The minimum atomic E-state index is -0.585. The summed E-state index contributed by atoms with van der Waals surface area (Å²) in [6, 6.07) is 3.41. The number of ether oxygens (including phenoxy) is 2. The number of amides is 2. The summed E-state index contributed by atoms with van der Waals surface area (Å²) in [4.78, 5) is 30.5. The van der Waals surface area contributed by atoms with E-state index in [1.54, 1.807) is 24.5 Å². The van der Waals surface area contributed by atoms with Crippen LogP contribution in [-0.4, -0.2) is 91.1 Å². The van der Waals surface area contributed by atoms with Crippen LogP contribution in [0.1, 0.15) is 12.0 Å². The quantitative estimate of drug-likeness (QED) is 0.453. The van der Waals surface area contributed by atoms with Crippen molar-refractivity contribution in [2.75, 3.05) is 46.0 Å². The highest BCUT2D eigenvalue weighted by Crippen LogP contribution is 2.16. The molecule has 9 heteroatoms. The van der Waals surface area contributed by atoms with Crippen LogP contribution in [0.15, 0.2) is 36.7 Å². The predicted octanol–water partition coefficient (Wildman–Crippen LogP) is -0.737. The van der Waals surface area contributed by atoms with Gasteiger partial charge in [-0.3, -0.25) is 19.5 Å². The molecule has 30 heavy (non-hydrogen) atoms. The second-order valence-corrected chi connectivity index (χ2v) is 7.42. The fourth-order valence-corrected chi connectivity index (χ4v) is 3.48. The van der Waals surface area contributed by atoms with Crippen molar-refractivity contribution in [1.82, 2.24) is 20.5 Å². The summed E-state index contributed by atoms with van der Waals surface area (Å²) in [6.07, 6.45) is 6.90. The van der Waals surface area contributed by atoms with Crippen LogP contribution in [-0.2, 0) is 25.5 Å². The number of hydrogen-bond donors (Lipinski definition) is 3. The summed E-state index contributed by atoms with van der Waals surface area (Å²) < 4.78 is 11.1. The largest absolute Gasteiger partial charge is 0.394 e. The van der Waals surface area contributed by atoms with Gasteiger partial charge in [-0.1, -0.05) is 12.2 Å². The zero-order valence-electron chi connectivity index (χ0n) is 17.0. The fraction of sp³-hybridized carbons (Fsp3) is 0.571. The third-order valence-corrected chi connectivity index (χ3v) is 5.13. The average molecular weight is 418 g/mol. The van der Waals surface area contributed by atoms with Crippen LogP contribution in [0, 0.1) is 0 Å². The number of carbonyl (C=O) groups is 2. The van der Waals surface area contributed by atoms with Crippen molar-refractivity contribution in [2.45, 2.75) is 31.1 Å². The molecule has 3 N–H and O–H groups in total. The zero-order valence-corrected chi connectivity index (χ0v) is 17.0. The number of carbonyl (C=O) groups excluding carboxylic acids is 2. The van der Waals surface area contributed by atoms with Crippen LogP contribution in [0.3, 0.4) is 0 Å². The third-order valence-electron chi connectivity index (χ3n) is 5.13. The van der Waals surface area contributed by atoms with Crippen molar-refractivity contribution >= 4 is 11.8 Å². The number of aliphatic hydroxyl groups excluding tert-OH is 1. The molecule has 0 unspecified atom stereocenters. The molecule has 1 saturated heterocycles. The number of nitrogens with one attached hydrogen (secondary N) is 2. The van der Waals surface area contributed by atoms with Crippen molar-refractivity contribution in [3.05, 3.63) is 42.2 Å². The van der Waals surface area contributed by atoms with Crippen molar-refractivity contribution < 1.29 is 24.2 Å². The normalized spacial score (nSPS) is 24.4. The Balaban J connectivity index is 1.41. The number of hydrogen-bond acceptors (Lipinski definition) is 7. The van der Waals surface area contributed by atoms with E-state index in [1.165, 1.54) is 0 Å². The molecule has 2 aliphatic heterocycles. The lowest BCUT2D eigenvalue weighted by Gasteiger charge is -2.32. The lowest BCUT2D eigenvalue weighted by Crippen LogP contribution is -2.52. The Hall–Kier alpha value is -2.33. The maximum atomic E-state index is 12.3. The third kappa shape index (κ3) is 7.17. The zero-order chi connectivity index (χ0) is 21.2. The molecule has 2 aliphatic rings. The molecule has 0 saturated carbocycles. The number of nitrogens with zero attached hydrogens (tertiary/aromatic N) is 2. The minimum absolute atomic E-state index is 0.120. The van der Waals surface area contributed by atoms with E-state index >= 15 is 0 Å². The molecule has 1 fully saturated rings. The van der Waals surface area contributed by atoms with Crippen molar-refractivity contribution in [3.8, 4) is 0 Å². The molecular formula is C21H30N4O5. The van der Waals surface area contributed by atoms with E-state index in [4.69, 9.17) is 9.47 Å². The van der Waals surface area contributed by atoms with E-state index in [9.17, 15) is 14.7 Å². The van der Waals surface area contributed by atoms with Gasteiger partial charge in [0.15, 0.2) is 0 Å². The minimum Gasteiger partial charge on any atom is -0.394 e. The summed E-state index contributed by atoms with van der Waals surface area (Å²) in [7, 11) is 0. The number of aliphatic hydroxyl groups is 1. The van der Waals surface area contributed by atoms with Gasteiger partial charge in [0.05, 0.1) is 44.9 Å². The van der Waals surface area contributed by atoms with Gasteiger partial charge in [-0.05, 0) is 24.1 Å². The Labute approximate surface area is 176 Å². The second kappa shape index (κ2) is 11.8. The lowest BCUT2D eigenvalue weighted by atomic mass is 10.0. The molecule has 164 valence electrons. The molecule has 1 aromatic rings. The van der Waals surface area contributed by atoms with Gasteiger partial charge in [0.2, 0.25) is 11.8 Å². The Bertz CT molecular complexity index is 709. The fourth-order valence-electron chi connectivity index (χ4n) is 3.48. The molecule has 0 radical (unpaired) electrons. The maximum absolute atomic E-state index is 12.3. The van der Waals surface area contributed by atoms with Gasteiger partial charge in [0.25, 0.3) is 0 Å². The number of pyridine rings is 1. The van der Waals surface area contributed by atoms with E-state index in [2.05, 4.69) is 15.6 Å². The van der Waals surface area contributed by atoms with Crippen molar-refractivity contribution in [1.29, 1.82) is 0 Å². The summed E-state index contributed by atoms with van der Waals surface area (Å²) in [5.41, 5.74) is 1.11. The molecule has 1 aromatic heterocycles. The Morgan fingerprint density at radius 2 is 1.93 bits per heavy atom. The van der Waals surface area contributed by atoms with E-state index in [0.717, 1.165) is 25.1 Å². The molecule has 3 atom stereocenters. The Morgan fingerprint density at radius 1 is 1.17 bits per heavy atom. The van der Waals surface area contributed by atoms with E-state index < -0.39 is 18.2 Å². The van der Waals surface area contributed by atoms with Gasteiger partial charge in [-0.15, -0.1) is 0 Å². The molecular weight excluding hydrogens is 388 g/mol. The van der Waals surface area contributed by atoms with Gasteiger partial charge in [-0.25, -0.2) is 0 Å². The van der Waals surface area contributed by atoms with Crippen LogP contribution in [0.2, 0.25) is 0 Å². The van der Waals surface area contributed by atoms with Gasteiger partial charge in [0, 0.05) is 32.0 Å². The first-order chi connectivity index (χ1) is 14.6. The van der Waals surface area contributed by atoms with E-state index in [1.807, 2.05) is 17.0 Å². The first kappa shape index (κ1) is 22.4. The van der Waals surface area contributed by atoms with Crippen molar-refractivity contribution in [2.24, 2.45) is 0 Å². The van der Waals surface area contributed by atoms with Crippen LogP contribution < -0.4 is 10.6 Å². The van der Waals surface area contributed by atoms with Crippen LogP contribution in [0.4, 0.5) is 0 Å². The number of morpholine rings is 1. The molecule has 0 aliphatic carbocycles. The lowest BCUT2D eigenvalue weighted by molar-refractivity contribution is -0.129. The van der Waals surface area contributed by atoms with Gasteiger partial charge in [0.1, 0.15) is 6.10 Å². The highest BCUT2D eigenvalue weighted by molar-refractivity contribution is 5.79. The molecule has 0 spiro atoms. The van der Waals surface area contributed by atoms with E-state index in [0.29, 0.717) is 19.8 Å². The molecule has 3 rings (SSSR count). The highest BCUT2D eigenvalue weighted by atomic mass is 16.5. The summed E-state index contributed by atoms with van der Waals surface area (Å²) in [5, 5.41) is 15.4. The van der Waals surface area contributed by atoms with Crippen molar-refractivity contribution in [3.63, 3.8) is 0 Å². The van der Waals surface area contributed by atoms with Crippen LogP contribution in [0.25, 0.3) is 0 Å². The first-order valence-electron chi connectivity index (χ1n) is 10.3. The molecule has 9 nitrogen and oxygen atoms in total. The van der Waals surface area contributed by atoms with Crippen LogP contribution in [0.5, 0.6) is 0 Å². The monoisotopic (exact) mass is 418 g/mol. The van der Waals surface area contributed by atoms with Crippen LogP contribution >= 0.6 is 0 Å². The smallest absolute Gasteiger partial charge is 0.234 e. The van der Waals surface area contributed by atoms with E-state index in [-0.39, 0.29) is 31.4 Å². The van der Waals surface area contributed by atoms with Gasteiger partial charge < -0.3 is 25.2 Å². The first-order valence-corrected chi connectivity index (χ1v) is 10.3. The summed E-state index contributed by atoms with van der Waals surface area (Å²) in [5.74, 6) is -0.244. The average Bonchev–Trinajstić information content (AvgIpc) is 2.76. The SMILES string of the molecule is O=C(C[C@H]1C=C[C@@H](NC(=O)CN2CCOCC2)[C@H](CO)O1)NCCc1ccncc1. The van der Waals surface area contributed by atoms with Gasteiger partial charge in [-0.2, -0.15) is 0 Å². The maximum Gasteiger partial charge on any atom is 0.234 e. The summed E-state index contributed by atoms with van der Waals surface area (Å²) >= 11 is 0. The molecule has 0 bridgehead atoms. The number of aromatic nitrogens is 1. The molecule has 2 amide bonds. The number of rotatable bonds is 9. The predicted molar refractivity (Wildman–Crippen MR) is 110 cm³/mol. The Kier molecular flexibility index (Phi) is 8.76. The highest BCUT2D eigenvalue weighted by Gasteiger charge is 2.29. The van der Waals surface area contributed by atoms with Gasteiger partial charge >= 0.3 is 0 Å². The summed E-state index contributed by atoms with van der Waals surface area (Å²) in [6.45, 7) is 3.29. The standard InChI is InChI=1S/C21H30N4O5/c26-15-19-18(24-21(28)14-25-9-11-29-12-10-25)2-1-17(30-19)13-20(27)23-8-5-16-3-6-22-7-4-16/h1-4,6-7,17-19,26H,5,8-15H2,(H,23,27)(H,24,28)/t17-,18-,19+/m1/s1. The topological polar surface area (TPSA) is 113 Å².